The molecule has 92 valence electrons. The summed E-state index contributed by atoms with van der Waals surface area (Å²) in [6.45, 7) is 2.80. The third kappa shape index (κ3) is 5.33. The first-order valence-electron chi connectivity index (χ1n) is 5.17. The Hall–Kier alpha value is -1.59. The number of carbonyl (C=O) groups is 3. The van der Waals surface area contributed by atoms with E-state index in [2.05, 4.69) is 0 Å². The Morgan fingerprint density at radius 2 is 1.88 bits per heavy atom. The molecule has 0 aromatic heterocycles. The molecular weight excluding hydrogens is 212 g/mol. The number of hydrogen-bond acceptors (Lipinski definition) is 3. The molecule has 0 heterocycles. The van der Waals surface area contributed by atoms with E-state index in [1.54, 1.807) is 6.92 Å². The number of amides is 2. The molecule has 0 aromatic carbocycles. The predicted octanol–water partition coefficient (Wildman–Crippen LogP) is -0.179. The van der Waals surface area contributed by atoms with Gasteiger partial charge in [0.2, 0.25) is 11.8 Å². The molecule has 0 rings (SSSR count). The van der Waals surface area contributed by atoms with Gasteiger partial charge >= 0.3 is 5.97 Å². The molecule has 0 aliphatic carbocycles. The topological polar surface area (TPSA) is 101 Å². The van der Waals surface area contributed by atoms with E-state index in [-0.39, 0.29) is 18.4 Å². The molecule has 0 spiro atoms. The molecule has 0 fully saturated rings. The van der Waals surface area contributed by atoms with Crippen molar-refractivity contribution in [3.63, 3.8) is 0 Å². The monoisotopic (exact) mass is 230 g/mol. The lowest BCUT2D eigenvalue weighted by atomic mass is 10.0. The van der Waals surface area contributed by atoms with Crippen molar-refractivity contribution in [2.75, 3.05) is 13.1 Å². The zero-order valence-corrected chi connectivity index (χ0v) is 9.60. The summed E-state index contributed by atoms with van der Waals surface area (Å²) in [5.74, 6) is -2.50. The Bertz CT molecular complexity index is 262. The molecule has 16 heavy (non-hydrogen) atoms. The van der Waals surface area contributed by atoms with Gasteiger partial charge in [-0.1, -0.05) is 20.3 Å². The molecule has 2 amide bonds. The summed E-state index contributed by atoms with van der Waals surface area (Å²) in [6.07, 6.45) is 1.48. The molecule has 0 aliphatic heterocycles. The highest BCUT2D eigenvalue weighted by Gasteiger charge is 2.23. The summed E-state index contributed by atoms with van der Waals surface area (Å²) >= 11 is 0. The first-order chi connectivity index (χ1) is 7.38. The largest absolute Gasteiger partial charge is 0.480 e. The molecule has 0 radical (unpaired) electrons. The Balaban J connectivity index is 4.54. The standard InChI is InChI=1S/C10H18N2O4/c1-3-4-7(2)10(16)12(5-8(11)13)6-9(14)15/h7H,3-6H2,1-2H3,(H2,11,13)(H,14,15). The van der Waals surface area contributed by atoms with Crippen molar-refractivity contribution in [1.82, 2.24) is 4.90 Å². The zero-order valence-electron chi connectivity index (χ0n) is 9.60. The lowest BCUT2D eigenvalue weighted by Crippen LogP contribution is -2.43. The van der Waals surface area contributed by atoms with Crippen LogP contribution >= 0.6 is 0 Å². The van der Waals surface area contributed by atoms with Crippen molar-refractivity contribution in [2.45, 2.75) is 26.7 Å². The fourth-order valence-electron chi connectivity index (χ4n) is 1.43. The second-order valence-corrected chi connectivity index (χ2v) is 3.74. The van der Waals surface area contributed by atoms with E-state index in [9.17, 15) is 14.4 Å². The average molecular weight is 230 g/mol. The zero-order chi connectivity index (χ0) is 12.7. The van der Waals surface area contributed by atoms with Crippen LogP contribution in [0.15, 0.2) is 0 Å². The molecule has 6 nitrogen and oxygen atoms in total. The maximum Gasteiger partial charge on any atom is 0.323 e. The summed E-state index contributed by atoms with van der Waals surface area (Å²) in [7, 11) is 0. The minimum atomic E-state index is -1.15. The van der Waals surface area contributed by atoms with Gasteiger partial charge in [0, 0.05) is 5.92 Å². The van der Waals surface area contributed by atoms with Crippen LogP contribution in [0.4, 0.5) is 0 Å². The number of carboxylic acid groups (broad SMARTS) is 1. The van der Waals surface area contributed by atoms with Gasteiger partial charge in [0.05, 0.1) is 6.54 Å². The highest BCUT2D eigenvalue weighted by molar-refractivity contribution is 5.87. The number of primary amides is 1. The molecule has 0 aromatic rings. The Morgan fingerprint density at radius 3 is 2.25 bits per heavy atom. The van der Waals surface area contributed by atoms with Gasteiger partial charge in [-0.2, -0.15) is 0 Å². The van der Waals surface area contributed by atoms with Gasteiger partial charge in [0.15, 0.2) is 0 Å². The molecule has 0 aliphatic rings. The number of carbonyl (C=O) groups excluding carboxylic acids is 2. The van der Waals surface area contributed by atoms with Crippen LogP contribution in [0.3, 0.4) is 0 Å². The van der Waals surface area contributed by atoms with E-state index in [0.29, 0.717) is 6.42 Å². The number of carboxylic acids is 1. The molecule has 3 N–H and O–H groups in total. The smallest absolute Gasteiger partial charge is 0.323 e. The SMILES string of the molecule is CCCC(C)C(=O)N(CC(N)=O)CC(=O)O. The van der Waals surface area contributed by atoms with Crippen molar-refractivity contribution in [1.29, 1.82) is 0 Å². The number of nitrogens with zero attached hydrogens (tertiary/aromatic N) is 1. The van der Waals surface area contributed by atoms with Gasteiger partial charge in [0.1, 0.15) is 6.54 Å². The Morgan fingerprint density at radius 1 is 1.31 bits per heavy atom. The fraction of sp³-hybridized carbons (Fsp3) is 0.700. The fourth-order valence-corrected chi connectivity index (χ4v) is 1.43. The Labute approximate surface area is 94.4 Å². The first kappa shape index (κ1) is 14.4. The van der Waals surface area contributed by atoms with Crippen LogP contribution in [0.2, 0.25) is 0 Å². The van der Waals surface area contributed by atoms with Gasteiger partial charge in [-0.3, -0.25) is 14.4 Å². The summed E-state index contributed by atoms with van der Waals surface area (Å²) < 4.78 is 0. The molecule has 6 heteroatoms. The first-order valence-corrected chi connectivity index (χ1v) is 5.17. The number of rotatable bonds is 7. The van der Waals surface area contributed by atoms with Crippen molar-refractivity contribution in [3.05, 3.63) is 0 Å². The van der Waals surface area contributed by atoms with Gasteiger partial charge in [0.25, 0.3) is 0 Å². The van der Waals surface area contributed by atoms with Crippen molar-refractivity contribution in [3.8, 4) is 0 Å². The quantitative estimate of drug-likeness (QED) is 0.633. The van der Waals surface area contributed by atoms with Crippen LogP contribution in [0.1, 0.15) is 26.7 Å². The van der Waals surface area contributed by atoms with Crippen molar-refractivity contribution < 1.29 is 19.5 Å². The number of aliphatic carboxylic acids is 1. The maximum atomic E-state index is 11.8. The number of hydrogen-bond donors (Lipinski definition) is 2. The van der Waals surface area contributed by atoms with Crippen LogP contribution in [0.25, 0.3) is 0 Å². The summed E-state index contributed by atoms with van der Waals surface area (Å²) in [6, 6.07) is 0. The average Bonchev–Trinajstić information content (AvgIpc) is 2.14. The van der Waals surface area contributed by atoms with E-state index in [0.717, 1.165) is 11.3 Å². The predicted molar refractivity (Wildman–Crippen MR) is 57.5 cm³/mol. The van der Waals surface area contributed by atoms with E-state index in [4.69, 9.17) is 10.8 Å². The highest BCUT2D eigenvalue weighted by Crippen LogP contribution is 2.09. The van der Waals surface area contributed by atoms with Crippen LogP contribution in [-0.2, 0) is 14.4 Å². The van der Waals surface area contributed by atoms with Crippen molar-refractivity contribution in [2.24, 2.45) is 11.7 Å². The van der Waals surface area contributed by atoms with Gasteiger partial charge in [-0.25, -0.2) is 0 Å². The van der Waals surface area contributed by atoms with Gasteiger partial charge in [-0.05, 0) is 6.42 Å². The van der Waals surface area contributed by atoms with E-state index in [1.807, 2.05) is 6.92 Å². The van der Waals surface area contributed by atoms with E-state index >= 15 is 0 Å². The summed E-state index contributed by atoms with van der Waals surface area (Å²) in [5, 5.41) is 8.61. The second kappa shape index (κ2) is 6.81. The summed E-state index contributed by atoms with van der Waals surface area (Å²) in [5.41, 5.74) is 4.96. The normalized spacial score (nSPS) is 11.9. The van der Waals surface area contributed by atoms with Gasteiger partial charge < -0.3 is 15.7 Å². The second-order valence-electron chi connectivity index (χ2n) is 3.74. The minimum absolute atomic E-state index is 0.288. The van der Waals surface area contributed by atoms with E-state index < -0.39 is 18.4 Å². The molecule has 0 bridgehead atoms. The lowest BCUT2D eigenvalue weighted by molar-refractivity contribution is -0.147. The minimum Gasteiger partial charge on any atom is -0.480 e. The molecule has 0 saturated carbocycles. The molecule has 1 atom stereocenters. The summed E-state index contributed by atoms with van der Waals surface area (Å²) in [4.78, 5) is 34.0. The van der Waals surface area contributed by atoms with Crippen LogP contribution in [0.5, 0.6) is 0 Å². The third-order valence-corrected chi connectivity index (χ3v) is 2.13. The highest BCUT2D eigenvalue weighted by atomic mass is 16.4. The Kier molecular flexibility index (Phi) is 6.14. The van der Waals surface area contributed by atoms with E-state index in [1.165, 1.54) is 0 Å². The maximum absolute atomic E-state index is 11.8. The molecule has 1 unspecified atom stereocenters. The van der Waals surface area contributed by atoms with Crippen LogP contribution < -0.4 is 5.73 Å². The van der Waals surface area contributed by atoms with Gasteiger partial charge in [-0.15, -0.1) is 0 Å². The van der Waals surface area contributed by atoms with Crippen LogP contribution in [0, 0.1) is 5.92 Å². The molecular formula is C10H18N2O4. The van der Waals surface area contributed by atoms with Crippen molar-refractivity contribution >= 4 is 17.8 Å². The molecule has 0 saturated heterocycles. The number of nitrogens with two attached hydrogens (primary N) is 1. The third-order valence-electron chi connectivity index (χ3n) is 2.13. The lowest BCUT2D eigenvalue weighted by Gasteiger charge is -2.22. The van der Waals surface area contributed by atoms with Crippen LogP contribution in [-0.4, -0.2) is 40.9 Å².